The van der Waals surface area contributed by atoms with E-state index in [1.54, 1.807) is 0 Å². The number of nitrogens with zero attached hydrogens (tertiary/aromatic N) is 4. The van der Waals surface area contributed by atoms with Crippen molar-refractivity contribution in [3.8, 4) is 0 Å². The number of aryl methyl sites for hydroxylation is 4. The van der Waals surface area contributed by atoms with Crippen molar-refractivity contribution < 1.29 is 0 Å². The first kappa shape index (κ1) is 15.6. The van der Waals surface area contributed by atoms with Gasteiger partial charge in [0.1, 0.15) is 0 Å². The number of hydrogen-bond acceptors (Lipinski definition) is 5. The van der Waals surface area contributed by atoms with Crippen LogP contribution in [0.15, 0.2) is 12.1 Å². The molecular formula is C15H24N6. The van der Waals surface area contributed by atoms with Crippen molar-refractivity contribution in [2.75, 3.05) is 0 Å². The highest BCUT2D eigenvalue weighted by Gasteiger charge is 2.18. The third-order valence-electron chi connectivity index (χ3n) is 3.74. The van der Waals surface area contributed by atoms with E-state index in [1.807, 2.05) is 18.7 Å². The van der Waals surface area contributed by atoms with Gasteiger partial charge in [0.15, 0.2) is 0 Å². The van der Waals surface area contributed by atoms with E-state index in [0.29, 0.717) is 0 Å². The van der Waals surface area contributed by atoms with E-state index in [0.717, 1.165) is 47.6 Å². The molecule has 0 spiro atoms. The van der Waals surface area contributed by atoms with Gasteiger partial charge in [-0.3, -0.25) is 16.0 Å². The molecule has 6 heteroatoms. The summed E-state index contributed by atoms with van der Waals surface area (Å²) in [6, 6.07) is 4.21. The van der Waals surface area contributed by atoms with Gasteiger partial charge in [-0.2, -0.15) is 15.3 Å². The largest absolute Gasteiger partial charge is 0.272 e. The van der Waals surface area contributed by atoms with Crippen molar-refractivity contribution in [2.45, 2.75) is 46.1 Å². The van der Waals surface area contributed by atoms with Crippen molar-refractivity contribution in [3.63, 3.8) is 0 Å². The maximum atomic E-state index is 5.79. The number of hydrogen-bond donors (Lipinski definition) is 2. The zero-order valence-corrected chi connectivity index (χ0v) is 13.2. The van der Waals surface area contributed by atoms with Gasteiger partial charge in [0.05, 0.1) is 23.1 Å². The van der Waals surface area contributed by atoms with Gasteiger partial charge in [0, 0.05) is 19.2 Å². The molecule has 0 fully saturated rings. The molecule has 114 valence electrons. The van der Waals surface area contributed by atoms with Crippen molar-refractivity contribution in [3.05, 3.63) is 40.5 Å². The summed E-state index contributed by atoms with van der Waals surface area (Å²) in [5, 5.41) is 12.9. The molecule has 0 aromatic carbocycles. The Hall–Kier alpha value is -1.79. The van der Waals surface area contributed by atoms with Crippen LogP contribution < -0.4 is 11.3 Å². The zero-order chi connectivity index (χ0) is 15.4. The van der Waals surface area contributed by atoms with Crippen LogP contribution in [0.3, 0.4) is 0 Å². The lowest BCUT2D eigenvalue weighted by Crippen LogP contribution is -2.31. The van der Waals surface area contributed by atoms with Crippen LogP contribution in [0.2, 0.25) is 0 Å². The summed E-state index contributed by atoms with van der Waals surface area (Å²) in [6.45, 7) is 6.13. The van der Waals surface area contributed by atoms with E-state index in [9.17, 15) is 0 Å². The molecule has 1 unspecified atom stereocenters. The van der Waals surface area contributed by atoms with Crippen molar-refractivity contribution in [1.29, 1.82) is 0 Å². The second kappa shape index (κ2) is 6.78. The topological polar surface area (TPSA) is 81.6 Å². The number of aromatic nitrogens is 4. The molecule has 0 saturated carbocycles. The molecule has 0 aliphatic rings. The highest BCUT2D eigenvalue weighted by atomic mass is 15.3. The van der Waals surface area contributed by atoms with Gasteiger partial charge in [-0.1, -0.05) is 13.8 Å². The maximum absolute atomic E-state index is 5.79. The summed E-state index contributed by atoms with van der Waals surface area (Å²) in [5.74, 6) is 5.79. The van der Waals surface area contributed by atoms with Gasteiger partial charge in [-0.15, -0.1) is 0 Å². The van der Waals surface area contributed by atoms with Crippen LogP contribution in [0.5, 0.6) is 0 Å². The van der Waals surface area contributed by atoms with Gasteiger partial charge in [-0.25, -0.2) is 0 Å². The van der Waals surface area contributed by atoms with E-state index >= 15 is 0 Å². The molecule has 2 aromatic heterocycles. The van der Waals surface area contributed by atoms with Gasteiger partial charge in [0.25, 0.3) is 0 Å². The molecule has 0 aliphatic heterocycles. The Labute approximate surface area is 125 Å². The molecule has 0 radical (unpaired) electrons. The van der Waals surface area contributed by atoms with Crippen LogP contribution in [0.4, 0.5) is 0 Å². The van der Waals surface area contributed by atoms with Crippen LogP contribution in [0.25, 0.3) is 0 Å². The highest BCUT2D eigenvalue weighted by Crippen LogP contribution is 2.21. The minimum Gasteiger partial charge on any atom is -0.272 e. The smallest absolute Gasteiger partial charge is 0.0676 e. The first-order valence-electron chi connectivity index (χ1n) is 7.40. The lowest BCUT2D eigenvalue weighted by atomic mass is 9.99. The van der Waals surface area contributed by atoms with E-state index in [-0.39, 0.29) is 6.04 Å². The quantitative estimate of drug-likeness (QED) is 0.620. The summed E-state index contributed by atoms with van der Waals surface area (Å²) in [7, 11) is 1.97. The minimum atomic E-state index is 0.00857. The zero-order valence-electron chi connectivity index (χ0n) is 13.2. The molecule has 0 bridgehead atoms. The van der Waals surface area contributed by atoms with Gasteiger partial charge >= 0.3 is 0 Å². The third-order valence-corrected chi connectivity index (χ3v) is 3.74. The predicted molar refractivity (Wildman–Crippen MR) is 82.5 cm³/mol. The lowest BCUT2D eigenvalue weighted by molar-refractivity contribution is 0.521. The SMILES string of the molecule is CCc1cc(CC(NN)c2cc(C)nnc2CC)n(C)n1. The Morgan fingerprint density at radius 1 is 1.24 bits per heavy atom. The average molecular weight is 288 g/mol. The van der Waals surface area contributed by atoms with Crippen LogP contribution in [0.1, 0.15) is 48.2 Å². The molecule has 0 amide bonds. The standard InChI is InChI=1S/C15H24N6/c1-5-11-8-12(21(4)20-11)9-15(17-16)13-7-10(3)18-19-14(13)6-2/h7-8,15,17H,5-6,9,16H2,1-4H3. The molecule has 2 heterocycles. The summed E-state index contributed by atoms with van der Waals surface area (Å²) in [6.07, 6.45) is 2.55. The monoisotopic (exact) mass is 288 g/mol. The first-order valence-corrected chi connectivity index (χ1v) is 7.40. The molecule has 21 heavy (non-hydrogen) atoms. The van der Waals surface area contributed by atoms with Crippen molar-refractivity contribution in [2.24, 2.45) is 12.9 Å². The molecule has 1 atom stereocenters. The second-order valence-corrected chi connectivity index (χ2v) is 5.27. The molecule has 0 saturated heterocycles. The molecule has 0 aliphatic carbocycles. The van der Waals surface area contributed by atoms with E-state index in [2.05, 4.69) is 46.7 Å². The fraction of sp³-hybridized carbons (Fsp3) is 0.533. The lowest BCUT2D eigenvalue weighted by Gasteiger charge is -2.19. The Balaban J connectivity index is 2.31. The number of rotatable bonds is 6. The van der Waals surface area contributed by atoms with Crippen LogP contribution in [-0.4, -0.2) is 20.0 Å². The summed E-state index contributed by atoms with van der Waals surface area (Å²) in [5.41, 5.74) is 8.18. The second-order valence-electron chi connectivity index (χ2n) is 5.27. The molecular weight excluding hydrogens is 264 g/mol. The van der Waals surface area contributed by atoms with E-state index in [4.69, 9.17) is 5.84 Å². The van der Waals surface area contributed by atoms with E-state index < -0.39 is 0 Å². The number of hydrazine groups is 1. The molecule has 3 N–H and O–H groups in total. The Morgan fingerprint density at radius 2 is 2.00 bits per heavy atom. The summed E-state index contributed by atoms with van der Waals surface area (Å²) in [4.78, 5) is 0. The van der Waals surface area contributed by atoms with Gasteiger partial charge in [0.2, 0.25) is 0 Å². The van der Waals surface area contributed by atoms with Crippen molar-refractivity contribution in [1.82, 2.24) is 25.4 Å². The van der Waals surface area contributed by atoms with Gasteiger partial charge < -0.3 is 0 Å². The third kappa shape index (κ3) is 3.46. The normalized spacial score (nSPS) is 12.6. The first-order chi connectivity index (χ1) is 10.1. The van der Waals surface area contributed by atoms with Crippen LogP contribution >= 0.6 is 0 Å². The van der Waals surface area contributed by atoms with Crippen LogP contribution in [-0.2, 0) is 26.3 Å². The highest BCUT2D eigenvalue weighted by molar-refractivity contribution is 5.26. The molecule has 6 nitrogen and oxygen atoms in total. The minimum absolute atomic E-state index is 0.00857. The number of nitrogens with two attached hydrogens (primary N) is 1. The molecule has 2 aromatic rings. The Bertz CT molecular complexity index is 604. The predicted octanol–water partition coefficient (Wildman–Crippen LogP) is 1.39. The summed E-state index contributed by atoms with van der Waals surface area (Å²) >= 11 is 0. The Kier molecular flexibility index (Phi) is 5.03. The fourth-order valence-corrected chi connectivity index (χ4v) is 2.51. The number of nitrogens with one attached hydrogen (secondary N) is 1. The Morgan fingerprint density at radius 3 is 2.57 bits per heavy atom. The van der Waals surface area contributed by atoms with Crippen LogP contribution in [0, 0.1) is 6.92 Å². The van der Waals surface area contributed by atoms with Crippen molar-refractivity contribution >= 4 is 0 Å². The fourth-order valence-electron chi connectivity index (χ4n) is 2.51. The molecule has 2 rings (SSSR count). The van der Waals surface area contributed by atoms with E-state index in [1.165, 1.54) is 0 Å². The summed E-state index contributed by atoms with van der Waals surface area (Å²) < 4.78 is 1.93. The average Bonchev–Trinajstić information content (AvgIpc) is 2.85. The van der Waals surface area contributed by atoms with Gasteiger partial charge in [-0.05, 0) is 37.5 Å². The maximum Gasteiger partial charge on any atom is 0.0676 e.